The number of thioether (sulfide) groups is 1. The highest BCUT2D eigenvalue weighted by Gasteiger charge is 2.35. The molecule has 1 N–H and O–H groups in total. The van der Waals surface area contributed by atoms with Gasteiger partial charge in [-0.25, -0.2) is 5.43 Å². The van der Waals surface area contributed by atoms with E-state index in [9.17, 15) is 4.79 Å². The summed E-state index contributed by atoms with van der Waals surface area (Å²) < 4.78 is -0.383. The van der Waals surface area contributed by atoms with E-state index in [0.29, 0.717) is 12.1 Å². The first-order chi connectivity index (χ1) is 14.4. The molecule has 0 spiro atoms. The van der Waals surface area contributed by atoms with Gasteiger partial charge in [0.15, 0.2) is 0 Å². The summed E-state index contributed by atoms with van der Waals surface area (Å²) in [5, 5.41) is 13.3. The Kier molecular flexibility index (Phi) is 5.35. The molecule has 4 rings (SSSR count). The smallest absolute Gasteiger partial charge is 0.300 e. The van der Waals surface area contributed by atoms with Crippen molar-refractivity contribution in [2.75, 3.05) is 18.0 Å². The Morgan fingerprint density at radius 3 is 2.73 bits per heavy atom. The van der Waals surface area contributed by atoms with Crippen molar-refractivity contribution >= 4 is 34.2 Å². The minimum atomic E-state index is -0.383. The van der Waals surface area contributed by atoms with E-state index in [0.717, 1.165) is 41.3 Å². The molecule has 0 saturated heterocycles. The van der Waals surface area contributed by atoms with Crippen LogP contribution in [-0.2, 0) is 6.42 Å². The lowest BCUT2D eigenvalue weighted by Crippen LogP contribution is -2.38. The number of carbonyl (C=O) groups is 1. The fourth-order valence-electron chi connectivity index (χ4n) is 3.90. The number of benzene rings is 2. The second-order valence-electron chi connectivity index (χ2n) is 7.70. The van der Waals surface area contributed by atoms with Gasteiger partial charge in [-0.05, 0) is 74.7 Å². The van der Waals surface area contributed by atoms with Crippen LogP contribution in [0, 0.1) is 11.3 Å². The monoisotopic (exact) mass is 417 g/mol. The molecule has 2 heterocycles. The van der Waals surface area contributed by atoms with Crippen molar-refractivity contribution in [3.8, 4) is 6.07 Å². The van der Waals surface area contributed by atoms with Crippen LogP contribution < -0.4 is 10.3 Å². The van der Waals surface area contributed by atoms with Crippen LogP contribution in [0.4, 0.5) is 10.5 Å². The number of nitriles is 1. The van der Waals surface area contributed by atoms with Gasteiger partial charge in [0.2, 0.25) is 0 Å². The van der Waals surface area contributed by atoms with E-state index in [1.165, 1.54) is 17.3 Å². The first kappa shape index (κ1) is 20.2. The van der Waals surface area contributed by atoms with Gasteiger partial charge in [-0.1, -0.05) is 17.8 Å². The standard InChI is InChI=1S/C23H23N5OS/c1-4-25-21(16-7-5-15(14-24)6-8-16)28-12-11-17-13-18(9-10-19(17)28)20-23(2,3)30-22(29)27-26-20/h5-10,13H,4,11-12H2,1-3H3,(H,27,29). The number of aliphatic imine (C=N–C) groups is 1. The number of nitrogens with zero attached hydrogens (tertiary/aromatic N) is 4. The number of anilines is 1. The average molecular weight is 418 g/mol. The number of nitrogens with one attached hydrogen (secondary N) is 1. The summed E-state index contributed by atoms with van der Waals surface area (Å²) >= 11 is 1.26. The van der Waals surface area contributed by atoms with Crippen molar-refractivity contribution in [2.24, 2.45) is 10.1 Å². The minimum absolute atomic E-state index is 0.126. The SMILES string of the molecule is CCN=C(c1ccc(C#N)cc1)N1CCc2cc(C3=NNC(=O)SC3(C)C)ccc21. The molecule has 30 heavy (non-hydrogen) atoms. The van der Waals surface area contributed by atoms with Gasteiger partial charge in [0.1, 0.15) is 5.84 Å². The summed E-state index contributed by atoms with van der Waals surface area (Å²) in [6.07, 6.45) is 0.912. The molecule has 0 radical (unpaired) electrons. The Labute approximate surface area is 180 Å². The maximum absolute atomic E-state index is 11.7. The molecule has 0 unspecified atom stereocenters. The number of carbonyl (C=O) groups excluding carboxylic acids is 1. The molecule has 0 fully saturated rings. The highest BCUT2D eigenvalue weighted by molar-refractivity contribution is 8.15. The number of amides is 1. The molecule has 0 saturated carbocycles. The molecular formula is C23H23N5OS. The van der Waals surface area contributed by atoms with E-state index >= 15 is 0 Å². The lowest BCUT2D eigenvalue weighted by atomic mass is 9.96. The maximum Gasteiger partial charge on any atom is 0.300 e. The fourth-order valence-corrected chi connectivity index (χ4v) is 4.71. The number of rotatable bonds is 3. The minimum Gasteiger partial charge on any atom is -0.326 e. The highest BCUT2D eigenvalue weighted by Crippen LogP contribution is 2.36. The summed E-state index contributed by atoms with van der Waals surface area (Å²) in [7, 11) is 0. The van der Waals surface area contributed by atoms with E-state index in [2.05, 4.69) is 39.7 Å². The fraction of sp³-hybridized carbons (Fsp3) is 0.304. The third kappa shape index (κ3) is 3.71. The molecule has 2 aromatic carbocycles. The molecule has 0 atom stereocenters. The van der Waals surface area contributed by atoms with Crippen molar-refractivity contribution in [1.82, 2.24) is 5.43 Å². The van der Waals surface area contributed by atoms with Gasteiger partial charge >= 0.3 is 0 Å². The predicted octanol–water partition coefficient (Wildman–Crippen LogP) is 4.33. The summed E-state index contributed by atoms with van der Waals surface area (Å²) in [6, 6.07) is 16.1. The molecule has 0 aliphatic carbocycles. The van der Waals surface area contributed by atoms with Crippen molar-refractivity contribution in [1.29, 1.82) is 5.26 Å². The topological polar surface area (TPSA) is 80.8 Å². The van der Waals surface area contributed by atoms with Crippen LogP contribution in [0.5, 0.6) is 0 Å². The number of amidine groups is 1. The first-order valence-corrected chi connectivity index (χ1v) is 10.8. The van der Waals surface area contributed by atoms with Crippen LogP contribution in [0.15, 0.2) is 52.6 Å². The molecule has 152 valence electrons. The van der Waals surface area contributed by atoms with Crippen molar-refractivity contribution in [3.05, 3.63) is 64.7 Å². The molecule has 7 heteroatoms. The van der Waals surface area contributed by atoms with E-state index in [4.69, 9.17) is 10.3 Å². The zero-order chi connectivity index (χ0) is 21.3. The highest BCUT2D eigenvalue weighted by atomic mass is 32.2. The van der Waals surface area contributed by atoms with Crippen LogP contribution >= 0.6 is 11.8 Å². The quantitative estimate of drug-likeness (QED) is 0.595. The summed E-state index contributed by atoms with van der Waals surface area (Å²) in [4.78, 5) is 18.7. The average Bonchev–Trinajstić information content (AvgIpc) is 3.14. The Morgan fingerprint density at radius 1 is 1.30 bits per heavy atom. The van der Waals surface area contributed by atoms with Gasteiger partial charge in [-0.15, -0.1) is 0 Å². The number of hydrogen-bond acceptors (Lipinski definition) is 5. The Morgan fingerprint density at radius 2 is 2.07 bits per heavy atom. The van der Waals surface area contributed by atoms with Crippen LogP contribution in [0.2, 0.25) is 0 Å². The van der Waals surface area contributed by atoms with Gasteiger partial charge in [0.25, 0.3) is 5.24 Å². The molecule has 1 amide bonds. The van der Waals surface area contributed by atoms with Gasteiger partial charge in [0.05, 0.1) is 22.1 Å². The third-order valence-corrected chi connectivity index (χ3v) is 6.24. The maximum atomic E-state index is 11.7. The molecule has 6 nitrogen and oxygen atoms in total. The lowest BCUT2D eigenvalue weighted by Gasteiger charge is -2.29. The number of fused-ring (bicyclic) bond motifs is 1. The number of hydrazone groups is 1. The normalized spacial score (nSPS) is 17.8. The van der Waals surface area contributed by atoms with E-state index in [1.54, 1.807) is 0 Å². The lowest BCUT2D eigenvalue weighted by molar-refractivity contribution is 0.260. The Balaban J connectivity index is 1.68. The zero-order valence-electron chi connectivity index (χ0n) is 17.3. The van der Waals surface area contributed by atoms with Crippen LogP contribution in [0.1, 0.15) is 43.0 Å². The van der Waals surface area contributed by atoms with E-state index in [1.807, 2.05) is 45.0 Å². The predicted molar refractivity (Wildman–Crippen MR) is 122 cm³/mol. The van der Waals surface area contributed by atoms with E-state index in [-0.39, 0.29) is 9.99 Å². The van der Waals surface area contributed by atoms with Gasteiger partial charge in [-0.2, -0.15) is 10.4 Å². The Bertz CT molecular complexity index is 1100. The third-order valence-electron chi connectivity index (χ3n) is 5.26. The van der Waals surface area contributed by atoms with Crippen LogP contribution in [0.3, 0.4) is 0 Å². The molecule has 2 aliphatic heterocycles. The first-order valence-electron chi connectivity index (χ1n) is 9.96. The summed E-state index contributed by atoms with van der Waals surface area (Å²) in [5.41, 5.74) is 8.52. The molecule has 0 aromatic heterocycles. The molecular weight excluding hydrogens is 394 g/mol. The van der Waals surface area contributed by atoms with Crippen molar-refractivity contribution in [2.45, 2.75) is 31.9 Å². The molecule has 0 bridgehead atoms. The van der Waals surface area contributed by atoms with Crippen molar-refractivity contribution in [3.63, 3.8) is 0 Å². The summed E-state index contributed by atoms with van der Waals surface area (Å²) in [5.74, 6) is 0.923. The second-order valence-corrected chi connectivity index (χ2v) is 9.30. The molecule has 2 aliphatic rings. The largest absolute Gasteiger partial charge is 0.326 e. The van der Waals surface area contributed by atoms with Crippen LogP contribution in [-0.4, -0.2) is 34.6 Å². The van der Waals surface area contributed by atoms with Crippen LogP contribution in [0.25, 0.3) is 0 Å². The van der Waals surface area contributed by atoms with E-state index < -0.39 is 0 Å². The summed E-state index contributed by atoms with van der Waals surface area (Å²) in [6.45, 7) is 7.59. The second kappa shape index (κ2) is 7.96. The Hall–Kier alpha value is -3.11. The number of hydrogen-bond donors (Lipinski definition) is 1. The van der Waals surface area contributed by atoms with Gasteiger partial charge < -0.3 is 4.90 Å². The van der Waals surface area contributed by atoms with Gasteiger partial charge in [-0.3, -0.25) is 9.79 Å². The van der Waals surface area contributed by atoms with Gasteiger partial charge in [0, 0.05) is 24.3 Å². The zero-order valence-corrected chi connectivity index (χ0v) is 18.1. The molecule has 2 aromatic rings. The van der Waals surface area contributed by atoms with Crippen molar-refractivity contribution < 1.29 is 4.79 Å².